The van der Waals surface area contributed by atoms with Crippen LogP contribution in [0.4, 0.5) is 5.13 Å². The molecule has 3 aromatic carbocycles. The van der Waals surface area contributed by atoms with Crippen molar-refractivity contribution in [1.29, 1.82) is 0 Å². The molecule has 2 heterocycles. The highest BCUT2D eigenvalue weighted by molar-refractivity contribution is 7.14. The molecule has 190 valence electrons. The Labute approximate surface area is 223 Å². The molecule has 9 heteroatoms. The highest BCUT2D eigenvalue weighted by atomic mass is 32.1. The minimum atomic E-state index is -1.11. The monoisotopic (exact) mass is 524 g/mol. The van der Waals surface area contributed by atoms with Crippen molar-refractivity contribution < 1.29 is 19.2 Å². The number of rotatable bonds is 8. The van der Waals surface area contributed by atoms with Crippen molar-refractivity contribution in [3.8, 4) is 11.3 Å². The number of hydrogen-bond acceptors (Lipinski definition) is 6. The Balaban J connectivity index is 1.33. The minimum Gasteiger partial charge on any atom is -0.342 e. The molecule has 0 spiro atoms. The lowest BCUT2D eigenvalue weighted by molar-refractivity contribution is -0.128. The highest BCUT2D eigenvalue weighted by Crippen LogP contribution is 2.26. The third-order valence-electron chi connectivity index (χ3n) is 6.31. The van der Waals surface area contributed by atoms with Gasteiger partial charge < -0.3 is 10.6 Å². The fourth-order valence-electron chi connectivity index (χ4n) is 4.29. The summed E-state index contributed by atoms with van der Waals surface area (Å²) < 4.78 is 0. The van der Waals surface area contributed by atoms with Gasteiger partial charge >= 0.3 is 0 Å². The van der Waals surface area contributed by atoms with E-state index >= 15 is 0 Å². The average Bonchev–Trinajstić information content (AvgIpc) is 3.51. The van der Waals surface area contributed by atoms with Gasteiger partial charge in [-0.2, -0.15) is 0 Å². The lowest BCUT2D eigenvalue weighted by Crippen LogP contribution is -2.53. The second-order valence-corrected chi connectivity index (χ2v) is 9.70. The van der Waals surface area contributed by atoms with Gasteiger partial charge in [-0.3, -0.25) is 24.1 Å². The van der Waals surface area contributed by atoms with Crippen LogP contribution < -0.4 is 10.6 Å². The Bertz CT molecular complexity index is 1470. The van der Waals surface area contributed by atoms with Crippen LogP contribution in [0.15, 0.2) is 90.3 Å². The van der Waals surface area contributed by atoms with Crippen molar-refractivity contribution in [1.82, 2.24) is 15.2 Å². The van der Waals surface area contributed by atoms with Crippen molar-refractivity contribution in [3.05, 3.63) is 107 Å². The van der Waals surface area contributed by atoms with Crippen LogP contribution in [0.5, 0.6) is 0 Å². The number of fused-ring (bicyclic) bond motifs is 1. The van der Waals surface area contributed by atoms with Crippen LogP contribution in [0.25, 0.3) is 11.3 Å². The largest absolute Gasteiger partial charge is 0.342 e. The van der Waals surface area contributed by atoms with Gasteiger partial charge in [0.05, 0.1) is 16.8 Å². The highest BCUT2D eigenvalue weighted by Gasteiger charge is 2.41. The predicted octanol–water partition coefficient (Wildman–Crippen LogP) is 4.16. The number of imide groups is 1. The molecule has 38 heavy (non-hydrogen) atoms. The third-order valence-corrected chi connectivity index (χ3v) is 7.07. The number of amides is 4. The number of nitrogens with zero attached hydrogens (tertiary/aromatic N) is 2. The summed E-state index contributed by atoms with van der Waals surface area (Å²) in [5, 5.41) is 7.80. The van der Waals surface area contributed by atoms with Gasteiger partial charge in [-0.25, -0.2) is 4.98 Å². The van der Waals surface area contributed by atoms with Gasteiger partial charge in [0.2, 0.25) is 11.8 Å². The lowest BCUT2D eigenvalue weighted by atomic mass is 10.0. The maximum atomic E-state index is 13.3. The number of hydrogen-bond donors (Lipinski definition) is 2. The summed E-state index contributed by atoms with van der Waals surface area (Å²) >= 11 is 1.28. The van der Waals surface area contributed by atoms with E-state index in [0.717, 1.165) is 21.7 Å². The second kappa shape index (κ2) is 10.8. The zero-order chi connectivity index (χ0) is 26.6. The lowest BCUT2D eigenvalue weighted by Gasteiger charge is -2.25. The van der Waals surface area contributed by atoms with Gasteiger partial charge in [0.25, 0.3) is 11.8 Å². The zero-order valence-corrected chi connectivity index (χ0v) is 21.3. The molecule has 2 atom stereocenters. The van der Waals surface area contributed by atoms with Crippen LogP contribution in [0, 0.1) is 0 Å². The minimum absolute atomic E-state index is 0.212. The molecule has 0 saturated heterocycles. The summed E-state index contributed by atoms with van der Waals surface area (Å²) in [7, 11) is 0. The Kier molecular flexibility index (Phi) is 7.10. The Morgan fingerprint density at radius 1 is 0.842 bits per heavy atom. The first-order valence-electron chi connectivity index (χ1n) is 12.1. The van der Waals surface area contributed by atoms with Crippen LogP contribution >= 0.6 is 11.3 Å². The van der Waals surface area contributed by atoms with E-state index in [4.69, 9.17) is 0 Å². The van der Waals surface area contributed by atoms with Gasteiger partial charge in [0.15, 0.2) is 5.13 Å². The van der Waals surface area contributed by atoms with Gasteiger partial charge in [-0.15, -0.1) is 11.3 Å². The molecule has 4 amide bonds. The third kappa shape index (κ3) is 5.09. The number of nitrogens with one attached hydrogen (secondary N) is 2. The summed E-state index contributed by atoms with van der Waals surface area (Å²) in [4.78, 5) is 57.8. The molecule has 2 N–H and O–H groups in total. The standard InChI is InChI=1S/C29H24N4O4S/c1-18(33-27(36)21-14-8-9-15-22(21)28(33)37)25(34)30-23(16-19-10-4-2-5-11-19)26(35)32-29-31-24(17-38-29)20-12-6-3-7-13-20/h2-15,17-18,23H,16H2,1H3,(H,30,34)(H,31,32,35)/t18-,23-/m1/s1. The van der Waals surface area contributed by atoms with Crippen molar-refractivity contribution in [2.75, 3.05) is 5.32 Å². The maximum Gasteiger partial charge on any atom is 0.262 e. The summed E-state index contributed by atoms with van der Waals surface area (Å²) in [5.74, 6) is -2.13. The van der Waals surface area contributed by atoms with E-state index in [-0.39, 0.29) is 17.5 Å². The van der Waals surface area contributed by atoms with Gasteiger partial charge in [0.1, 0.15) is 12.1 Å². The summed E-state index contributed by atoms with van der Waals surface area (Å²) in [6.45, 7) is 1.47. The summed E-state index contributed by atoms with van der Waals surface area (Å²) in [6, 6.07) is 23.2. The first kappa shape index (κ1) is 25.0. The van der Waals surface area contributed by atoms with E-state index in [0.29, 0.717) is 5.13 Å². The van der Waals surface area contributed by atoms with E-state index in [9.17, 15) is 19.2 Å². The van der Waals surface area contributed by atoms with Crippen molar-refractivity contribution in [2.45, 2.75) is 25.4 Å². The SMILES string of the molecule is C[C@H](C(=O)N[C@H](Cc1ccccc1)C(=O)Nc1nc(-c2ccccc2)cs1)N1C(=O)c2ccccc2C1=O. The molecule has 0 unspecified atom stereocenters. The quantitative estimate of drug-likeness (QED) is 0.337. The van der Waals surface area contributed by atoms with Gasteiger partial charge in [-0.05, 0) is 24.6 Å². The Morgan fingerprint density at radius 2 is 1.42 bits per heavy atom. The van der Waals surface area contributed by atoms with Crippen LogP contribution in [-0.2, 0) is 16.0 Å². The number of thiazole rings is 1. The Hall–Kier alpha value is -4.63. The Morgan fingerprint density at radius 3 is 2.05 bits per heavy atom. The predicted molar refractivity (Wildman–Crippen MR) is 145 cm³/mol. The molecule has 0 saturated carbocycles. The second-order valence-electron chi connectivity index (χ2n) is 8.85. The topological polar surface area (TPSA) is 108 Å². The molecule has 8 nitrogen and oxygen atoms in total. The smallest absolute Gasteiger partial charge is 0.262 e. The summed E-state index contributed by atoms with van der Waals surface area (Å²) in [6.07, 6.45) is 0.212. The fourth-order valence-corrected chi connectivity index (χ4v) is 5.02. The molecule has 1 aliphatic rings. The van der Waals surface area contributed by atoms with Crippen molar-refractivity contribution in [3.63, 3.8) is 0 Å². The molecule has 5 rings (SSSR count). The normalized spacial score (nSPS) is 14.1. The maximum absolute atomic E-state index is 13.3. The first-order valence-corrected chi connectivity index (χ1v) is 12.9. The van der Waals surface area contributed by atoms with E-state index < -0.39 is 35.7 Å². The molecular weight excluding hydrogens is 500 g/mol. The van der Waals surface area contributed by atoms with E-state index in [1.54, 1.807) is 24.3 Å². The molecule has 0 aliphatic carbocycles. The van der Waals surface area contributed by atoms with Crippen LogP contribution in [0.1, 0.15) is 33.2 Å². The molecular formula is C29H24N4O4S. The number of carbonyl (C=O) groups is 4. The molecule has 4 aromatic rings. The van der Waals surface area contributed by atoms with Crippen LogP contribution in [-0.4, -0.2) is 45.6 Å². The molecule has 1 aromatic heterocycles. The van der Waals surface area contributed by atoms with Crippen LogP contribution in [0.3, 0.4) is 0 Å². The number of anilines is 1. The van der Waals surface area contributed by atoms with E-state index in [1.165, 1.54) is 18.3 Å². The molecule has 0 radical (unpaired) electrons. The van der Waals surface area contributed by atoms with E-state index in [1.807, 2.05) is 66.0 Å². The molecule has 1 aliphatic heterocycles. The number of carbonyl (C=O) groups excluding carboxylic acids is 4. The fraction of sp³-hybridized carbons (Fsp3) is 0.138. The van der Waals surface area contributed by atoms with Gasteiger partial charge in [0, 0.05) is 17.4 Å². The van der Waals surface area contributed by atoms with Gasteiger partial charge in [-0.1, -0.05) is 72.8 Å². The van der Waals surface area contributed by atoms with Crippen molar-refractivity contribution >= 4 is 40.1 Å². The summed E-state index contributed by atoms with van der Waals surface area (Å²) in [5.41, 5.74) is 3.01. The first-order chi connectivity index (χ1) is 18.4. The molecule has 0 bridgehead atoms. The number of benzene rings is 3. The number of aromatic nitrogens is 1. The van der Waals surface area contributed by atoms with Crippen LogP contribution in [0.2, 0.25) is 0 Å². The average molecular weight is 525 g/mol. The van der Waals surface area contributed by atoms with Crippen molar-refractivity contribution in [2.24, 2.45) is 0 Å². The zero-order valence-electron chi connectivity index (χ0n) is 20.5. The van der Waals surface area contributed by atoms with E-state index in [2.05, 4.69) is 15.6 Å². The molecule has 0 fully saturated rings.